The van der Waals surface area contributed by atoms with E-state index in [4.69, 9.17) is 4.98 Å². The van der Waals surface area contributed by atoms with Crippen molar-refractivity contribution in [3.8, 4) is 0 Å². The number of hydrogen-bond acceptors (Lipinski definition) is 5. The first-order chi connectivity index (χ1) is 15.7. The van der Waals surface area contributed by atoms with Crippen molar-refractivity contribution in [2.24, 2.45) is 0 Å². The van der Waals surface area contributed by atoms with Crippen LogP contribution in [0.5, 0.6) is 0 Å². The Bertz CT molecular complexity index is 1090. The van der Waals surface area contributed by atoms with Gasteiger partial charge in [0.2, 0.25) is 5.95 Å². The first-order valence-electron chi connectivity index (χ1n) is 11.7. The Morgan fingerprint density at radius 3 is 2.34 bits per heavy atom. The minimum Gasteiger partial charge on any atom is -0.326 e. The van der Waals surface area contributed by atoms with Gasteiger partial charge in [-0.15, -0.1) is 0 Å². The number of aromatic nitrogens is 2. The van der Waals surface area contributed by atoms with Crippen LogP contribution < -0.4 is 10.9 Å². The number of nitrogens with one attached hydrogen (secondary N) is 2. The van der Waals surface area contributed by atoms with Crippen molar-refractivity contribution < 1.29 is 0 Å². The second-order valence-corrected chi connectivity index (χ2v) is 8.94. The van der Waals surface area contributed by atoms with Crippen molar-refractivity contribution in [3.05, 3.63) is 87.3 Å². The molecule has 3 heterocycles. The van der Waals surface area contributed by atoms with Gasteiger partial charge in [0.1, 0.15) is 0 Å². The highest BCUT2D eigenvalue weighted by atomic mass is 16.1. The molecule has 2 aliphatic heterocycles. The highest BCUT2D eigenvalue weighted by Crippen LogP contribution is 2.20. The zero-order valence-corrected chi connectivity index (χ0v) is 18.5. The quantitative estimate of drug-likeness (QED) is 0.619. The molecule has 1 saturated heterocycles. The van der Waals surface area contributed by atoms with E-state index < -0.39 is 0 Å². The van der Waals surface area contributed by atoms with E-state index in [2.05, 4.69) is 68.6 Å². The Labute approximate surface area is 189 Å². The minimum atomic E-state index is -0.0445. The topological polar surface area (TPSA) is 64.3 Å². The zero-order valence-electron chi connectivity index (χ0n) is 18.5. The normalized spacial score (nSPS) is 17.1. The Kier molecular flexibility index (Phi) is 6.32. The standard InChI is InChI=1S/C26H31N5O/c32-25-23-19-31(18-20-7-3-1-4-8-20)16-13-24(23)28-26(29-25)27-22-11-9-21(10-12-22)17-30-14-5-2-6-15-30/h1,3-4,7-12H,2,5-6,13-19H2,(H2,27,28,29,32). The molecule has 6 nitrogen and oxygen atoms in total. The zero-order chi connectivity index (χ0) is 21.8. The summed E-state index contributed by atoms with van der Waals surface area (Å²) in [5, 5.41) is 3.28. The number of benzene rings is 2. The van der Waals surface area contributed by atoms with Crippen LogP contribution in [0.25, 0.3) is 0 Å². The van der Waals surface area contributed by atoms with Crippen LogP contribution in [0.4, 0.5) is 11.6 Å². The van der Waals surface area contributed by atoms with Crippen LogP contribution in [-0.2, 0) is 26.1 Å². The highest BCUT2D eigenvalue weighted by molar-refractivity contribution is 5.54. The van der Waals surface area contributed by atoms with Crippen LogP contribution in [0.3, 0.4) is 0 Å². The van der Waals surface area contributed by atoms with Crippen LogP contribution in [-0.4, -0.2) is 39.4 Å². The molecular formula is C26H31N5O. The lowest BCUT2D eigenvalue weighted by atomic mass is 10.1. The van der Waals surface area contributed by atoms with E-state index >= 15 is 0 Å². The van der Waals surface area contributed by atoms with Gasteiger partial charge >= 0.3 is 0 Å². The minimum absolute atomic E-state index is 0.0445. The molecule has 0 aliphatic carbocycles. The molecule has 32 heavy (non-hydrogen) atoms. The van der Waals surface area contributed by atoms with Gasteiger partial charge in [0, 0.05) is 38.3 Å². The number of piperidine rings is 1. The van der Waals surface area contributed by atoms with Gasteiger partial charge in [-0.1, -0.05) is 48.9 Å². The van der Waals surface area contributed by atoms with Crippen molar-refractivity contribution in [2.45, 2.75) is 45.3 Å². The molecule has 0 saturated carbocycles. The Balaban J connectivity index is 1.23. The van der Waals surface area contributed by atoms with Gasteiger partial charge < -0.3 is 5.32 Å². The molecule has 2 aromatic carbocycles. The molecule has 5 rings (SSSR count). The molecule has 166 valence electrons. The fourth-order valence-corrected chi connectivity index (χ4v) is 4.72. The summed E-state index contributed by atoms with van der Waals surface area (Å²) in [4.78, 5) is 25.3. The average Bonchev–Trinajstić information content (AvgIpc) is 2.82. The number of aromatic amines is 1. The van der Waals surface area contributed by atoms with Gasteiger partial charge in [-0.25, -0.2) is 4.98 Å². The largest absolute Gasteiger partial charge is 0.326 e. The van der Waals surface area contributed by atoms with Gasteiger partial charge in [0.15, 0.2) is 0 Å². The lowest BCUT2D eigenvalue weighted by Gasteiger charge is -2.27. The third-order valence-corrected chi connectivity index (χ3v) is 6.47. The van der Waals surface area contributed by atoms with Crippen LogP contribution in [0.15, 0.2) is 59.4 Å². The van der Waals surface area contributed by atoms with Crippen molar-refractivity contribution in [1.29, 1.82) is 0 Å². The SMILES string of the molecule is O=c1[nH]c(Nc2ccc(CN3CCCCC3)cc2)nc2c1CN(Cc1ccccc1)CC2. The Morgan fingerprint density at radius 1 is 0.844 bits per heavy atom. The van der Waals surface area contributed by atoms with Crippen LogP contribution in [0, 0.1) is 0 Å². The van der Waals surface area contributed by atoms with Gasteiger partial charge in [0.25, 0.3) is 5.56 Å². The smallest absolute Gasteiger partial charge is 0.257 e. The van der Waals surface area contributed by atoms with Gasteiger partial charge in [-0.2, -0.15) is 0 Å². The second-order valence-electron chi connectivity index (χ2n) is 8.94. The average molecular weight is 430 g/mol. The van der Waals surface area contributed by atoms with Crippen LogP contribution in [0.2, 0.25) is 0 Å². The first-order valence-corrected chi connectivity index (χ1v) is 11.7. The predicted molar refractivity (Wildman–Crippen MR) is 128 cm³/mol. The molecule has 0 atom stereocenters. The summed E-state index contributed by atoms with van der Waals surface area (Å²) in [7, 11) is 0. The summed E-state index contributed by atoms with van der Waals surface area (Å²) in [5.74, 6) is 0.522. The summed E-state index contributed by atoms with van der Waals surface area (Å²) in [5.41, 5.74) is 5.18. The van der Waals surface area contributed by atoms with E-state index in [0.29, 0.717) is 12.5 Å². The van der Waals surface area contributed by atoms with Crippen molar-refractivity contribution >= 4 is 11.6 Å². The molecule has 0 amide bonds. The summed E-state index contributed by atoms with van der Waals surface area (Å²) >= 11 is 0. The van der Waals surface area contributed by atoms with Gasteiger partial charge in [-0.3, -0.25) is 19.6 Å². The highest BCUT2D eigenvalue weighted by Gasteiger charge is 2.21. The molecule has 0 unspecified atom stereocenters. The third-order valence-electron chi connectivity index (χ3n) is 6.47. The Morgan fingerprint density at radius 2 is 1.56 bits per heavy atom. The van der Waals surface area contributed by atoms with Crippen LogP contribution >= 0.6 is 0 Å². The number of fused-ring (bicyclic) bond motifs is 1. The lowest BCUT2D eigenvalue weighted by Crippen LogP contribution is -2.35. The van der Waals surface area contributed by atoms with Gasteiger partial charge in [0.05, 0.1) is 11.3 Å². The molecule has 0 spiro atoms. The molecule has 3 aromatic rings. The summed E-state index contributed by atoms with van der Waals surface area (Å²) < 4.78 is 0. The predicted octanol–water partition coefficient (Wildman–Crippen LogP) is 4.06. The second kappa shape index (κ2) is 9.67. The fraction of sp³-hybridized carbons (Fsp3) is 0.385. The molecular weight excluding hydrogens is 398 g/mol. The van der Waals surface area contributed by atoms with E-state index in [1.54, 1.807) is 0 Å². The van der Waals surface area contributed by atoms with E-state index in [0.717, 1.165) is 43.0 Å². The molecule has 2 N–H and O–H groups in total. The number of hydrogen-bond donors (Lipinski definition) is 2. The molecule has 0 radical (unpaired) electrons. The van der Waals surface area contributed by atoms with E-state index in [9.17, 15) is 4.79 Å². The van der Waals surface area contributed by atoms with Crippen molar-refractivity contribution in [2.75, 3.05) is 25.0 Å². The molecule has 0 bridgehead atoms. The maximum atomic E-state index is 12.8. The molecule has 2 aliphatic rings. The molecule has 6 heteroatoms. The van der Waals surface area contributed by atoms with E-state index in [-0.39, 0.29) is 5.56 Å². The first kappa shape index (κ1) is 20.9. The number of anilines is 2. The van der Waals surface area contributed by atoms with Crippen molar-refractivity contribution in [1.82, 2.24) is 19.8 Å². The summed E-state index contributed by atoms with van der Waals surface area (Å²) in [6.45, 7) is 5.80. The Hall–Kier alpha value is -2.96. The third kappa shape index (κ3) is 5.09. The lowest BCUT2D eigenvalue weighted by molar-refractivity contribution is 0.221. The number of likely N-dealkylation sites (tertiary alicyclic amines) is 1. The van der Waals surface area contributed by atoms with Gasteiger partial charge in [-0.05, 0) is 49.2 Å². The molecule has 1 fully saturated rings. The van der Waals surface area contributed by atoms with E-state index in [1.807, 2.05) is 6.07 Å². The molecule has 1 aromatic heterocycles. The fourth-order valence-electron chi connectivity index (χ4n) is 4.72. The monoisotopic (exact) mass is 429 g/mol. The van der Waals surface area contributed by atoms with E-state index in [1.165, 1.54) is 43.5 Å². The maximum absolute atomic E-state index is 12.8. The number of H-pyrrole nitrogens is 1. The van der Waals surface area contributed by atoms with Crippen molar-refractivity contribution in [3.63, 3.8) is 0 Å². The summed E-state index contributed by atoms with van der Waals surface area (Å²) in [6.07, 6.45) is 4.76. The summed E-state index contributed by atoms with van der Waals surface area (Å²) in [6, 6.07) is 18.9. The number of nitrogens with zero attached hydrogens (tertiary/aromatic N) is 3. The maximum Gasteiger partial charge on any atom is 0.257 e. The van der Waals surface area contributed by atoms with Crippen LogP contribution in [0.1, 0.15) is 41.6 Å². The number of rotatable bonds is 6.